The Morgan fingerprint density at radius 3 is 2.42 bits per heavy atom. The number of halogens is 1. The van der Waals surface area contributed by atoms with Gasteiger partial charge in [0.2, 0.25) is 5.91 Å². The van der Waals surface area contributed by atoms with E-state index in [0.29, 0.717) is 18.8 Å². The summed E-state index contributed by atoms with van der Waals surface area (Å²) in [6.07, 6.45) is 0. The number of amides is 2. The summed E-state index contributed by atoms with van der Waals surface area (Å²) < 4.78 is 5.68. The molecule has 2 amide bonds. The fourth-order valence-electron chi connectivity index (χ4n) is 2.08. The van der Waals surface area contributed by atoms with E-state index in [-0.39, 0.29) is 23.8 Å². The highest BCUT2D eigenvalue weighted by atomic mass is 35.5. The fourth-order valence-corrected chi connectivity index (χ4v) is 2.16. The smallest absolute Gasteiger partial charge is 0.258 e. The van der Waals surface area contributed by atoms with Crippen LogP contribution in [0, 0.1) is 6.92 Å². The third kappa shape index (κ3) is 6.79. The summed E-state index contributed by atoms with van der Waals surface area (Å²) in [4.78, 5) is 23.1. The Hall–Kier alpha value is -1.75. The number of nitrogens with one attached hydrogen (secondary N) is 2. The van der Waals surface area contributed by atoms with Crippen LogP contribution in [0.3, 0.4) is 0 Å². The van der Waals surface area contributed by atoms with E-state index in [9.17, 15) is 9.59 Å². The van der Waals surface area contributed by atoms with Crippen LogP contribution in [0.25, 0.3) is 0 Å². The summed E-state index contributed by atoms with van der Waals surface area (Å²) >= 11 is 5.63. The number of hydrogen-bond acceptors (Lipinski definition) is 3. The van der Waals surface area contributed by atoms with Crippen molar-refractivity contribution in [2.24, 2.45) is 0 Å². The third-order valence-electron chi connectivity index (χ3n) is 3.41. The number of ether oxygens (including phenoxy) is 1. The molecule has 0 saturated carbocycles. The van der Waals surface area contributed by atoms with Gasteiger partial charge in [0.05, 0.1) is 0 Å². The predicted molar refractivity (Wildman–Crippen MR) is 96.7 cm³/mol. The van der Waals surface area contributed by atoms with Crippen molar-refractivity contribution in [3.05, 3.63) is 29.3 Å². The fraction of sp³-hybridized carbons (Fsp3) is 0.556. The van der Waals surface area contributed by atoms with Crippen LogP contribution in [0.5, 0.6) is 5.75 Å². The number of alkyl halides is 1. The maximum Gasteiger partial charge on any atom is 0.258 e. The quantitative estimate of drug-likeness (QED) is 0.584. The maximum atomic E-state index is 11.8. The van der Waals surface area contributed by atoms with Crippen molar-refractivity contribution in [3.63, 3.8) is 0 Å². The minimum Gasteiger partial charge on any atom is -0.483 e. The van der Waals surface area contributed by atoms with E-state index in [2.05, 4.69) is 37.5 Å². The topological polar surface area (TPSA) is 67.4 Å². The minimum atomic E-state index is -0.582. The molecule has 0 aliphatic heterocycles. The van der Waals surface area contributed by atoms with Crippen LogP contribution in [0.1, 0.15) is 38.8 Å². The van der Waals surface area contributed by atoms with E-state index < -0.39 is 5.38 Å². The Kier molecular flexibility index (Phi) is 7.55. The van der Waals surface area contributed by atoms with Crippen LogP contribution in [-0.2, 0) is 15.0 Å². The van der Waals surface area contributed by atoms with Crippen LogP contribution < -0.4 is 15.4 Å². The maximum absolute atomic E-state index is 11.8. The van der Waals surface area contributed by atoms with Crippen LogP contribution >= 0.6 is 11.6 Å². The molecule has 0 aliphatic carbocycles. The summed E-state index contributed by atoms with van der Waals surface area (Å²) in [5.74, 6) is 0.229. The zero-order valence-electron chi connectivity index (χ0n) is 15.0. The Balaban J connectivity index is 2.47. The van der Waals surface area contributed by atoms with Gasteiger partial charge in [-0.2, -0.15) is 0 Å². The predicted octanol–water partition coefficient (Wildman–Crippen LogP) is 2.53. The molecule has 0 radical (unpaired) electrons. The number of benzene rings is 1. The molecule has 1 unspecified atom stereocenters. The largest absolute Gasteiger partial charge is 0.483 e. The second-order valence-corrected chi connectivity index (χ2v) is 7.45. The van der Waals surface area contributed by atoms with Gasteiger partial charge in [-0.1, -0.05) is 38.5 Å². The van der Waals surface area contributed by atoms with E-state index in [1.807, 2.05) is 19.1 Å². The van der Waals surface area contributed by atoms with E-state index >= 15 is 0 Å². The molecular formula is C18H27ClN2O3. The molecule has 1 aromatic carbocycles. The highest BCUT2D eigenvalue weighted by Crippen LogP contribution is 2.32. The van der Waals surface area contributed by atoms with Gasteiger partial charge >= 0.3 is 0 Å². The van der Waals surface area contributed by atoms with Crippen molar-refractivity contribution in [2.75, 3.05) is 19.7 Å². The van der Waals surface area contributed by atoms with Crippen LogP contribution in [0.2, 0.25) is 0 Å². The lowest BCUT2D eigenvalue weighted by Crippen LogP contribution is -2.38. The van der Waals surface area contributed by atoms with Crippen LogP contribution in [0.15, 0.2) is 18.2 Å². The van der Waals surface area contributed by atoms with Crippen molar-refractivity contribution >= 4 is 23.4 Å². The molecule has 0 aromatic heterocycles. The van der Waals surface area contributed by atoms with Gasteiger partial charge in [0, 0.05) is 13.1 Å². The molecule has 0 bridgehead atoms. The highest BCUT2D eigenvalue weighted by Gasteiger charge is 2.19. The zero-order chi connectivity index (χ0) is 18.3. The van der Waals surface area contributed by atoms with Gasteiger partial charge < -0.3 is 15.4 Å². The molecule has 5 nitrogen and oxygen atoms in total. The number of aryl methyl sites for hydroxylation is 1. The Bertz CT molecular complexity index is 580. The SMILES string of the molecule is Cc1ccc(OCC(=O)NCCNC(=O)C(C)Cl)c(C(C)(C)C)c1. The number of carbonyl (C=O) groups is 2. The van der Waals surface area contributed by atoms with Crippen LogP contribution in [0.4, 0.5) is 0 Å². The summed E-state index contributed by atoms with van der Waals surface area (Å²) in [6, 6.07) is 5.94. The molecule has 134 valence electrons. The van der Waals surface area contributed by atoms with Crippen molar-refractivity contribution in [2.45, 2.75) is 45.4 Å². The molecule has 0 fully saturated rings. The summed E-state index contributed by atoms with van der Waals surface area (Å²) in [6.45, 7) is 10.5. The lowest BCUT2D eigenvalue weighted by atomic mass is 9.85. The second kappa shape index (κ2) is 8.92. The number of hydrogen-bond donors (Lipinski definition) is 2. The average molecular weight is 355 g/mol. The summed E-state index contributed by atoms with van der Waals surface area (Å²) in [5, 5.41) is 4.73. The standard InChI is InChI=1S/C18H27ClN2O3/c1-12-6-7-15(14(10-12)18(3,4)5)24-11-16(22)20-8-9-21-17(23)13(2)19/h6-7,10,13H,8-9,11H2,1-5H3,(H,20,22)(H,21,23). The van der Waals surface area contributed by atoms with Gasteiger partial charge in [-0.05, 0) is 30.9 Å². The van der Waals surface area contributed by atoms with Gasteiger partial charge in [0.15, 0.2) is 6.61 Å². The number of carbonyl (C=O) groups excluding carboxylic acids is 2. The number of rotatable bonds is 7. The lowest BCUT2D eigenvalue weighted by Gasteiger charge is -2.23. The highest BCUT2D eigenvalue weighted by molar-refractivity contribution is 6.30. The average Bonchev–Trinajstić information content (AvgIpc) is 2.49. The van der Waals surface area contributed by atoms with Crippen molar-refractivity contribution in [3.8, 4) is 5.75 Å². The molecule has 24 heavy (non-hydrogen) atoms. The molecule has 0 heterocycles. The van der Waals surface area contributed by atoms with E-state index in [0.717, 1.165) is 11.1 Å². The van der Waals surface area contributed by atoms with Crippen LogP contribution in [-0.4, -0.2) is 36.9 Å². The van der Waals surface area contributed by atoms with E-state index in [1.165, 1.54) is 0 Å². The molecule has 1 atom stereocenters. The van der Waals surface area contributed by atoms with Crippen molar-refractivity contribution in [1.29, 1.82) is 0 Å². The first kappa shape index (κ1) is 20.3. The van der Waals surface area contributed by atoms with Crippen molar-refractivity contribution < 1.29 is 14.3 Å². The molecule has 0 spiro atoms. The summed E-state index contributed by atoms with van der Waals surface area (Å²) in [5.41, 5.74) is 2.15. The molecule has 1 aromatic rings. The Morgan fingerprint density at radius 2 is 1.83 bits per heavy atom. The molecule has 0 saturated heterocycles. The van der Waals surface area contributed by atoms with E-state index in [1.54, 1.807) is 6.92 Å². The Labute approximate surface area is 149 Å². The van der Waals surface area contributed by atoms with Gasteiger partial charge in [-0.3, -0.25) is 9.59 Å². The Morgan fingerprint density at radius 1 is 1.21 bits per heavy atom. The molecule has 2 N–H and O–H groups in total. The van der Waals surface area contributed by atoms with Crippen molar-refractivity contribution in [1.82, 2.24) is 10.6 Å². The normalized spacial score (nSPS) is 12.4. The molecular weight excluding hydrogens is 328 g/mol. The first-order valence-electron chi connectivity index (χ1n) is 8.03. The first-order valence-corrected chi connectivity index (χ1v) is 8.47. The molecule has 0 aliphatic rings. The lowest BCUT2D eigenvalue weighted by molar-refractivity contribution is -0.124. The summed E-state index contributed by atoms with van der Waals surface area (Å²) in [7, 11) is 0. The van der Waals surface area contributed by atoms with E-state index in [4.69, 9.17) is 16.3 Å². The van der Waals surface area contributed by atoms with Gasteiger partial charge in [0.1, 0.15) is 11.1 Å². The first-order chi connectivity index (χ1) is 11.1. The van der Waals surface area contributed by atoms with Gasteiger partial charge in [0.25, 0.3) is 5.91 Å². The second-order valence-electron chi connectivity index (χ2n) is 6.80. The minimum absolute atomic E-state index is 0.0635. The third-order valence-corrected chi connectivity index (χ3v) is 3.61. The zero-order valence-corrected chi connectivity index (χ0v) is 15.8. The van der Waals surface area contributed by atoms with Gasteiger partial charge in [-0.25, -0.2) is 0 Å². The molecule has 1 rings (SSSR count). The van der Waals surface area contributed by atoms with Gasteiger partial charge in [-0.15, -0.1) is 11.6 Å². The monoisotopic (exact) mass is 354 g/mol. The molecule has 6 heteroatoms.